The standard InChI is InChI=1S/C18H20N4O3/c1-11(20-17(24)14-10-21(2)18(25)16(14)23)12-5-4-6-13(9-12)15-7-8-19-22(15)3/h4-9,11,14H,10H2,1-3H3,(H,20,24)/t11-,14?/m1/s1. The molecule has 3 rings (SSSR count). The zero-order valence-corrected chi connectivity index (χ0v) is 14.4. The highest BCUT2D eigenvalue weighted by Crippen LogP contribution is 2.23. The number of likely N-dealkylation sites (tertiary alicyclic amines) is 1. The number of nitrogens with one attached hydrogen (secondary N) is 1. The highest BCUT2D eigenvalue weighted by molar-refractivity contribution is 6.42. The van der Waals surface area contributed by atoms with E-state index in [0.29, 0.717) is 0 Å². The van der Waals surface area contributed by atoms with Crippen LogP contribution in [0.15, 0.2) is 36.5 Å². The Hall–Kier alpha value is -2.96. The van der Waals surface area contributed by atoms with E-state index in [0.717, 1.165) is 16.8 Å². The molecule has 7 heteroatoms. The molecule has 1 unspecified atom stereocenters. The lowest BCUT2D eigenvalue weighted by atomic mass is 10.0. The highest BCUT2D eigenvalue weighted by atomic mass is 16.2. The molecule has 2 atom stereocenters. The van der Waals surface area contributed by atoms with Gasteiger partial charge in [0.1, 0.15) is 5.92 Å². The molecule has 1 fully saturated rings. The second-order valence-electron chi connectivity index (χ2n) is 6.30. The lowest BCUT2D eigenvalue weighted by Crippen LogP contribution is -2.37. The minimum atomic E-state index is -0.930. The van der Waals surface area contributed by atoms with Gasteiger partial charge in [0.25, 0.3) is 5.91 Å². The second kappa shape index (κ2) is 6.51. The summed E-state index contributed by atoms with van der Waals surface area (Å²) in [6, 6.07) is 9.42. The molecular weight excluding hydrogens is 320 g/mol. The van der Waals surface area contributed by atoms with E-state index >= 15 is 0 Å². The number of aromatic nitrogens is 2. The number of hydrogen-bond acceptors (Lipinski definition) is 4. The van der Waals surface area contributed by atoms with E-state index in [-0.39, 0.29) is 12.6 Å². The van der Waals surface area contributed by atoms with Crippen LogP contribution in [0.5, 0.6) is 0 Å². The van der Waals surface area contributed by atoms with Gasteiger partial charge in [0.15, 0.2) is 0 Å². The minimum absolute atomic E-state index is 0.130. The molecule has 130 valence electrons. The van der Waals surface area contributed by atoms with E-state index in [4.69, 9.17) is 0 Å². The van der Waals surface area contributed by atoms with Crippen molar-refractivity contribution in [1.29, 1.82) is 0 Å². The summed E-state index contributed by atoms with van der Waals surface area (Å²) in [5.41, 5.74) is 2.88. The molecule has 0 bridgehead atoms. The monoisotopic (exact) mass is 340 g/mol. The van der Waals surface area contributed by atoms with E-state index in [1.807, 2.05) is 44.3 Å². The van der Waals surface area contributed by atoms with Crippen molar-refractivity contribution < 1.29 is 14.4 Å². The number of likely N-dealkylation sites (N-methyl/N-ethyl adjacent to an activating group) is 1. The Balaban J connectivity index is 1.75. The summed E-state index contributed by atoms with van der Waals surface area (Å²) >= 11 is 0. The molecule has 2 heterocycles. The van der Waals surface area contributed by atoms with Crippen LogP contribution in [-0.2, 0) is 21.4 Å². The Labute approximate surface area is 145 Å². The van der Waals surface area contributed by atoms with Gasteiger partial charge in [0, 0.05) is 32.4 Å². The third kappa shape index (κ3) is 3.17. The van der Waals surface area contributed by atoms with Crippen LogP contribution < -0.4 is 5.32 Å². The van der Waals surface area contributed by atoms with Crippen LogP contribution in [0.3, 0.4) is 0 Å². The number of rotatable bonds is 4. The zero-order chi connectivity index (χ0) is 18.1. The fourth-order valence-corrected chi connectivity index (χ4v) is 3.00. The van der Waals surface area contributed by atoms with Crippen LogP contribution in [-0.4, -0.2) is 45.9 Å². The van der Waals surface area contributed by atoms with Gasteiger partial charge in [-0.3, -0.25) is 19.1 Å². The summed E-state index contributed by atoms with van der Waals surface area (Å²) in [4.78, 5) is 37.1. The van der Waals surface area contributed by atoms with E-state index < -0.39 is 23.5 Å². The summed E-state index contributed by atoms with van der Waals surface area (Å²) in [5, 5.41) is 7.00. The third-order valence-electron chi connectivity index (χ3n) is 4.51. The first kappa shape index (κ1) is 16.9. The smallest absolute Gasteiger partial charge is 0.290 e. The number of aryl methyl sites for hydroxylation is 1. The Kier molecular flexibility index (Phi) is 4.39. The molecule has 0 saturated carbocycles. The fourth-order valence-electron chi connectivity index (χ4n) is 3.00. The zero-order valence-electron chi connectivity index (χ0n) is 14.4. The van der Waals surface area contributed by atoms with Gasteiger partial charge in [0.2, 0.25) is 11.7 Å². The maximum Gasteiger partial charge on any atom is 0.290 e. The van der Waals surface area contributed by atoms with Crippen molar-refractivity contribution in [2.24, 2.45) is 13.0 Å². The van der Waals surface area contributed by atoms with Crippen LogP contribution in [0.25, 0.3) is 11.3 Å². The summed E-state index contributed by atoms with van der Waals surface area (Å²) in [5.74, 6) is -2.59. The molecule has 1 aliphatic heterocycles. The number of nitrogens with zero attached hydrogens (tertiary/aromatic N) is 3. The molecule has 1 aliphatic rings. The van der Waals surface area contributed by atoms with Crippen molar-refractivity contribution in [2.75, 3.05) is 13.6 Å². The summed E-state index contributed by atoms with van der Waals surface area (Å²) < 4.78 is 1.78. The Bertz CT molecular complexity index is 842. The van der Waals surface area contributed by atoms with Crippen molar-refractivity contribution in [3.8, 4) is 11.3 Å². The normalized spacial score (nSPS) is 18.5. The lowest BCUT2D eigenvalue weighted by Gasteiger charge is -2.17. The number of carbonyl (C=O) groups excluding carboxylic acids is 3. The maximum atomic E-state index is 12.4. The first-order valence-corrected chi connectivity index (χ1v) is 8.06. The Morgan fingerprint density at radius 3 is 2.64 bits per heavy atom. The summed E-state index contributed by atoms with van der Waals surface area (Å²) in [6.07, 6.45) is 1.73. The summed E-state index contributed by atoms with van der Waals surface area (Å²) in [7, 11) is 3.39. The van der Waals surface area contributed by atoms with Gasteiger partial charge in [-0.25, -0.2) is 0 Å². The van der Waals surface area contributed by atoms with Gasteiger partial charge in [-0.15, -0.1) is 0 Å². The quantitative estimate of drug-likeness (QED) is 0.663. The predicted octanol–water partition coefficient (Wildman–Crippen LogP) is 0.922. The molecular formula is C18H20N4O3. The van der Waals surface area contributed by atoms with Crippen LogP contribution in [0.4, 0.5) is 0 Å². The van der Waals surface area contributed by atoms with E-state index in [9.17, 15) is 14.4 Å². The Morgan fingerprint density at radius 2 is 2.04 bits per heavy atom. The lowest BCUT2D eigenvalue weighted by molar-refractivity contribution is -0.142. The fraction of sp³-hybridized carbons (Fsp3) is 0.333. The van der Waals surface area contributed by atoms with Crippen LogP contribution in [0.2, 0.25) is 0 Å². The number of hydrogen-bond donors (Lipinski definition) is 1. The van der Waals surface area contributed by atoms with Gasteiger partial charge in [-0.1, -0.05) is 18.2 Å². The van der Waals surface area contributed by atoms with Gasteiger partial charge >= 0.3 is 0 Å². The maximum absolute atomic E-state index is 12.4. The molecule has 0 aliphatic carbocycles. The molecule has 2 amide bonds. The molecule has 1 aromatic heterocycles. The average molecular weight is 340 g/mol. The third-order valence-corrected chi connectivity index (χ3v) is 4.51. The number of ketones is 1. The van der Waals surface area contributed by atoms with E-state index in [1.165, 1.54) is 11.9 Å². The van der Waals surface area contributed by atoms with Crippen LogP contribution in [0.1, 0.15) is 18.5 Å². The van der Waals surface area contributed by atoms with Gasteiger partial charge < -0.3 is 10.2 Å². The van der Waals surface area contributed by atoms with Crippen LogP contribution in [0, 0.1) is 5.92 Å². The summed E-state index contributed by atoms with van der Waals surface area (Å²) in [6.45, 7) is 1.98. The number of carbonyl (C=O) groups is 3. The van der Waals surface area contributed by atoms with Crippen LogP contribution >= 0.6 is 0 Å². The van der Waals surface area contributed by atoms with Gasteiger partial charge in [-0.05, 0) is 24.6 Å². The molecule has 0 radical (unpaired) electrons. The number of amides is 2. The SMILES string of the molecule is C[C@@H](NC(=O)C1CN(C)C(=O)C1=O)c1cccc(-c2ccnn2C)c1. The van der Waals surface area contributed by atoms with Crippen molar-refractivity contribution in [1.82, 2.24) is 20.0 Å². The number of Topliss-reactive ketones (excluding diaryl/α,β-unsaturated/α-hetero) is 1. The van der Waals surface area contributed by atoms with Gasteiger partial charge in [-0.2, -0.15) is 5.10 Å². The molecule has 25 heavy (non-hydrogen) atoms. The van der Waals surface area contributed by atoms with E-state index in [1.54, 1.807) is 10.9 Å². The average Bonchev–Trinajstić information content (AvgIpc) is 3.13. The molecule has 7 nitrogen and oxygen atoms in total. The topological polar surface area (TPSA) is 84.3 Å². The predicted molar refractivity (Wildman–Crippen MR) is 91.3 cm³/mol. The molecule has 1 saturated heterocycles. The first-order chi connectivity index (χ1) is 11.9. The molecule has 2 aromatic rings. The number of benzene rings is 1. The van der Waals surface area contributed by atoms with Crippen molar-refractivity contribution >= 4 is 17.6 Å². The van der Waals surface area contributed by atoms with Gasteiger partial charge in [0.05, 0.1) is 11.7 Å². The van der Waals surface area contributed by atoms with E-state index in [2.05, 4.69) is 10.4 Å². The van der Waals surface area contributed by atoms with Crippen molar-refractivity contribution in [3.05, 3.63) is 42.1 Å². The Morgan fingerprint density at radius 1 is 1.28 bits per heavy atom. The molecule has 1 N–H and O–H groups in total. The molecule has 0 spiro atoms. The largest absolute Gasteiger partial charge is 0.349 e. The molecule has 1 aromatic carbocycles. The van der Waals surface area contributed by atoms with Crippen molar-refractivity contribution in [3.63, 3.8) is 0 Å². The van der Waals surface area contributed by atoms with Crippen molar-refractivity contribution in [2.45, 2.75) is 13.0 Å². The first-order valence-electron chi connectivity index (χ1n) is 8.06. The second-order valence-corrected chi connectivity index (χ2v) is 6.30. The minimum Gasteiger partial charge on any atom is -0.349 e. The highest BCUT2D eigenvalue weighted by Gasteiger charge is 2.41.